The Balaban J connectivity index is 1.35. The SMILES string of the molecule is CS(=O)(=O)Nc1ccccc1CNC(=O)C1CCN(C(=O)c2cccc3ccccc23)CC1. The van der Waals surface area contributed by atoms with E-state index in [4.69, 9.17) is 0 Å². The second-order valence-corrected chi connectivity index (χ2v) is 10.1. The quantitative estimate of drug-likeness (QED) is 0.583. The number of piperidine rings is 1. The maximum absolute atomic E-state index is 13.1. The Bertz CT molecular complexity index is 1280. The van der Waals surface area contributed by atoms with Gasteiger partial charge in [0.1, 0.15) is 0 Å². The van der Waals surface area contributed by atoms with Crippen molar-refractivity contribution >= 4 is 38.3 Å². The number of carbonyl (C=O) groups is 2. The van der Waals surface area contributed by atoms with Crippen LogP contribution in [0.4, 0.5) is 5.69 Å². The molecule has 0 bridgehead atoms. The molecule has 0 radical (unpaired) electrons. The van der Waals surface area contributed by atoms with Crippen LogP contribution in [0.2, 0.25) is 0 Å². The standard InChI is InChI=1S/C25H27N3O4S/c1-33(31,32)27-23-12-5-3-8-20(23)17-26-24(29)19-13-15-28(16-14-19)25(30)22-11-6-9-18-7-2-4-10-21(18)22/h2-12,19,27H,13-17H2,1H3,(H,26,29). The first-order valence-electron chi connectivity index (χ1n) is 10.9. The molecule has 2 amide bonds. The average Bonchev–Trinajstić information content (AvgIpc) is 2.81. The predicted octanol–water partition coefficient (Wildman–Crippen LogP) is 3.38. The summed E-state index contributed by atoms with van der Waals surface area (Å²) in [5, 5.41) is 4.88. The molecule has 172 valence electrons. The normalized spacial score (nSPS) is 14.8. The predicted molar refractivity (Wildman–Crippen MR) is 129 cm³/mol. The summed E-state index contributed by atoms with van der Waals surface area (Å²) >= 11 is 0. The second kappa shape index (κ2) is 9.62. The molecule has 0 aliphatic carbocycles. The van der Waals surface area contributed by atoms with Gasteiger partial charge in [0.25, 0.3) is 5.91 Å². The highest BCUT2D eigenvalue weighted by Gasteiger charge is 2.28. The Morgan fingerprint density at radius 3 is 2.36 bits per heavy atom. The smallest absolute Gasteiger partial charge is 0.254 e. The van der Waals surface area contributed by atoms with Crippen LogP contribution >= 0.6 is 0 Å². The van der Waals surface area contributed by atoms with Gasteiger partial charge in [-0.2, -0.15) is 0 Å². The van der Waals surface area contributed by atoms with E-state index in [1.54, 1.807) is 24.3 Å². The maximum atomic E-state index is 13.1. The third kappa shape index (κ3) is 5.51. The van der Waals surface area contributed by atoms with Crippen LogP contribution in [0.25, 0.3) is 10.8 Å². The number of hydrogen-bond acceptors (Lipinski definition) is 4. The minimum absolute atomic E-state index is 0.00793. The number of amides is 2. The molecule has 1 fully saturated rings. The molecular formula is C25H27N3O4S. The molecule has 7 nitrogen and oxygen atoms in total. The summed E-state index contributed by atoms with van der Waals surface area (Å²) in [5.41, 5.74) is 1.83. The third-order valence-corrected chi connectivity index (χ3v) is 6.53. The molecule has 0 saturated carbocycles. The lowest BCUT2D eigenvalue weighted by Gasteiger charge is -2.31. The van der Waals surface area contributed by atoms with Gasteiger partial charge in [-0.05, 0) is 41.3 Å². The molecule has 1 aliphatic heterocycles. The lowest BCUT2D eigenvalue weighted by Crippen LogP contribution is -2.43. The van der Waals surface area contributed by atoms with E-state index in [2.05, 4.69) is 10.0 Å². The van der Waals surface area contributed by atoms with E-state index in [0.717, 1.165) is 17.0 Å². The first-order valence-corrected chi connectivity index (χ1v) is 12.8. The summed E-state index contributed by atoms with van der Waals surface area (Å²) in [6, 6.07) is 20.6. The van der Waals surface area contributed by atoms with Crippen LogP contribution in [0.1, 0.15) is 28.8 Å². The van der Waals surface area contributed by atoms with Crippen molar-refractivity contribution in [2.24, 2.45) is 5.92 Å². The number of rotatable bonds is 6. The average molecular weight is 466 g/mol. The van der Waals surface area contributed by atoms with Gasteiger partial charge in [-0.25, -0.2) is 8.42 Å². The molecule has 0 atom stereocenters. The zero-order valence-electron chi connectivity index (χ0n) is 18.5. The minimum atomic E-state index is -3.41. The van der Waals surface area contributed by atoms with Crippen LogP contribution < -0.4 is 10.0 Å². The Hall–Kier alpha value is -3.39. The molecule has 3 aromatic rings. The van der Waals surface area contributed by atoms with Gasteiger partial charge in [-0.15, -0.1) is 0 Å². The van der Waals surface area contributed by atoms with Crippen molar-refractivity contribution in [3.8, 4) is 0 Å². The minimum Gasteiger partial charge on any atom is -0.352 e. The van der Waals surface area contributed by atoms with Crippen LogP contribution in [0.15, 0.2) is 66.7 Å². The van der Waals surface area contributed by atoms with Gasteiger partial charge in [0.05, 0.1) is 11.9 Å². The van der Waals surface area contributed by atoms with Crippen LogP contribution in [0.5, 0.6) is 0 Å². The van der Waals surface area contributed by atoms with Gasteiger partial charge in [0, 0.05) is 31.1 Å². The first-order chi connectivity index (χ1) is 15.8. The highest BCUT2D eigenvalue weighted by atomic mass is 32.2. The maximum Gasteiger partial charge on any atom is 0.254 e. The van der Waals surface area contributed by atoms with E-state index in [9.17, 15) is 18.0 Å². The van der Waals surface area contributed by atoms with Gasteiger partial charge < -0.3 is 10.2 Å². The third-order valence-electron chi connectivity index (χ3n) is 5.94. The summed E-state index contributed by atoms with van der Waals surface area (Å²) < 4.78 is 25.6. The summed E-state index contributed by atoms with van der Waals surface area (Å²) in [6.07, 6.45) is 2.27. The van der Waals surface area contributed by atoms with E-state index in [0.29, 0.717) is 42.7 Å². The summed E-state index contributed by atoms with van der Waals surface area (Å²) in [5.74, 6) is -0.274. The molecule has 3 aromatic carbocycles. The van der Waals surface area contributed by atoms with E-state index in [-0.39, 0.29) is 24.3 Å². The van der Waals surface area contributed by atoms with Crippen LogP contribution in [-0.4, -0.2) is 44.5 Å². The number of para-hydroxylation sites is 1. The summed E-state index contributed by atoms with van der Waals surface area (Å²) in [6.45, 7) is 1.27. The molecule has 4 rings (SSSR count). The van der Waals surface area contributed by atoms with Gasteiger partial charge in [0.15, 0.2) is 0 Å². The van der Waals surface area contributed by atoms with Crippen LogP contribution in [0.3, 0.4) is 0 Å². The van der Waals surface area contributed by atoms with Gasteiger partial charge in [0.2, 0.25) is 15.9 Å². The number of nitrogens with zero attached hydrogens (tertiary/aromatic N) is 1. The Labute approximate surface area is 193 Å². The molecule has 8 heteroatoms. The van der Waals surface area contributed by atoms with Crippen molar-refractivity contribution < 1.29 is 18.0 Å². The van der Waals surface area contributed by atoms with E-state index in [1.807, 2.05) is 47.4 Å². The molecule has 33 heavy (non-hydrogen) atoms. The molecule has 0 aromatic heterocycles. The zero-order chi connectivity index (χ0) is 23.4. The topological polar surface area (TPSA) is 95.6 Å². The summed E-state index contributed by atoms with van der Waals surface area (Å²) in [7, 11) is -3.41. The molecule has 1 saturated heterocycles. The number of nitrogens with one attached hydrogen (secondary N) is 2. The van der Waals surface area contributed by atoms with Crippen molar-refractivity contribution in [3.63, 3.8) is 0 Å². The Morgan fingerprint density at radius 2 is 1.61 bits per heavy atom. The number of anilines is 1. The molecule has 1 aliphatic rings. The van der Waals surface area contributed by atoms with E-state index in [1.165, 1.54) is 0 Å². The van der Waals surface area contributed by atoms with Crippen molar-refractivity contribution in [1.29, 1.82) is 0 Å². The lowest BCUT2D eigenvalue weighted by molar-refractivity contribution is -0.126. The number of benzene rings is 3. The molecular weight excluding hydrogens is 438 g/mol. The van der Waals surface area contributed by atoms with Crippen molar-refractivity contribution in [2.75, 3.05) is 24.1 Å². The molecule has 2 N–H and O–H groups in total. The van der Waals surface area contributed by atoms with E-state index < -0.39 is 10.0 Å². The van der Waals surface area contributed by atoms with Gasteiger partial charge in [-0.3, -0.25) is 14.3 Å². The summed E-state index contributed by atoms with van der Waals surface area (Å²) in [4.78, 5) is 27.7. The first kappa shape index (κ1) is 22.8. The van der Waals surface area contributed by atoms with Crippen LogP contribution in [0, 0.1) is 5.92 Å². The highest BCUT2D eigenvalue weighted by molar-refractivity contribution is 7.92. The second-order valence-electron chi connectivity index (χ2n) is 8.34. The Kier molecular flexibility index (Phi) is 6.65. The number of hydrogen-bond donors (Lipinski definition) is 2. The fourth-order valence-electron chi connectivity index (χ4n) is 4.23. The fraction of sp³-hybridized carbons (Fsp3) is 0.280. The molecule has 1 heterocycles. The molecule has 0 unspecified atom stereocenters. The zero-order valence-corrected chi connectivity index (χ0v) is 19.3. The Morgan fingerprint density at radius 1 is 0.939 bits per heavy atom. The van der Waals surface area contributed by atoms with Gasteiger partial charge >= 0.3 is 0 Å². The van der Waals surface area contributed by atoms with Crippen molar-refractivity contribution in [3.05, 3.63) is 77.9 Å². The largest absolute Gasteiger partial charge is 0.352 e. The monoisotopic (exact) mass is 465 g/mol. The van der Waals surface area contributed by atoms with Crippen LogP contribution in [-0.2, 0) is 21.4 Å². The lowest BCUT2D eigenvalue weighted by atomic mass is 9.94. The van der Waals surface area contributed by atoms with E-state index >= 15 is 0 Å². The number of carbonyl (C=O) groups excluding carboxylic acids is 2. The number of fused-ring (bicyclic) bond motifs is 1. The number of sulfonamides is 1. The van der Waals surface area contributed by atoms with Gasteiger partial charge in [-0.1, -0.05) is 54.6 Å². The van der Waals surface area contributed by atoms with Crippen molar-refractivity contribution in [1.82, 2.24) is 10.2 Å². The fourth-order valence-corrected chi connectivity index (χ4v) is 4.83. The molecule has 0 spiro atoms. The highest BCUT2D eigenvalue weighted by Crippen LogP contribution is 2.24. The van der Waals surface area contributed by atoms with Crippen molar-refractivity contribution in [2.45, 2.75) is 19.4 Å². The number of likely N-dealkylation sites (tertiary alicyclic amines) is 1.